The fourth-order valence-electron chi connectivity index (χ4n) is 3.82. The maximum Gasteiger partial charge on any atom is 0.255 e. The van der Waals surface area contributed by atoms with E-state index in [0.29, 0.717) is 50.4 Å². The van der Waals surface area contributed by atoms with Crippen LogP contribution in [0.5, 0.6) is 0 Å². The van der Waals surface area contributed by atoms with Crippen molar-refractivity contribution in [3.63, 3.8) is 0 Å². The molecular weight excluding hydrogens is 469 g/mol. The first-order valence-electron chi connectivity index (χ1n) is 10.8. The van der Waals surface area contributed by atoms with Crippen molar-refractivity contribution in [3.05, 3.63) is 94.4 Å². The normalized spacial score (nSPS) is 12.1. The summed E-state index contributed by atoms with van der Waals surface area (Å²) in [6, 6.07) is 16.3. The highest BCUT2D eigenvalue weighted by Crippen LogP contribution is 2.34. The van der Waals surface area contributed by atoms with Gasteiger partial charge in [-0.05, 0) is 73.2 Å². The number of fused-ring (bicyclic) bond motifs is 3. The summed E-state index contributed by atoms with van der Waals surface area (Å²) in [5, 5.41) is 9.28. The number of nitrogens with one attached hydrogen (secondary N) is 3. The number of hydrogen-bond acceptors (Lipinski definition) is 5. The number of hydrogen-bond donors (Lipinski definition) is 3. The number of aryl methyl sites for hydroxylation is 1. The lowest BCUT2D eigenvalue weighted by Gasteiger charge is -2.11. The summed E-state index contributed by atoms with van der Waals surface area (Å²) in [5.41, 5.74) is 5.00. The van der Waals surface area contributed by atoms with Gasteiger partial charge in [-0.3, -0.25) is 9.59 Å². The number of carbonyl (C=O) groups excluding carboxylic acids is 2. The van der Waals surface area contributed by atoms with Crippen molar-refractivity contribution < 1.29 is 14.0 Å². The number of amides is 2. The topological polar surface area (TPSA) is 96.0 Å². The smallest absolute Gasteiger partial charge is 0.255 e. The minimum atomic E-state index is -0.355. The first-order chi connectivity index (χ1) is 16.9. The Morgan fingerprint density at radius 1 is 1.09 bits per heavy atom. The molecule has 3 aromatic carbocycles. The molecule has 0 bridgehead atoms. The van der Waals surface area contributed by atoms with Crippen LogP contribution in [0.15, 0.2) is 66.9 Å². The molecule has 9 heteroatoms. The summed E-state index contributed by atoms with van der Waals surface area (Å²) in [5.74, 6) is -0.481. The number of carbonyl (C=O) groups is 2. The Balaban J connectivity index is 1.35. The van der Waals surface area contributed by atoms with Crippen molar-refractivity contribution >= 4 is 46.4 Å². The average molecular weight is 488 g/mol. The number of benzene rings is 3. The Morgan fingerprint density at radius 3 is 2.66 bits per heavy atom. The van der Waals surface area contributed by atoms with Crippen molar-refractivity contribution in [2.75, 3.05) is 16.0 Å². The van der Waals surface area contributed by atoms with E-state index in [9.17, 15) is 14.0 Å². The van der Waals surface area contributed by atoms with E-state index in [-0.39, 0.29) is 24.1 Å². The minimum absolute atomic E-state index is 0.152. The average Bonchev–Trinajstić information content (AvgIpc) is 2.96. The predicted octanol–water partition coefficient (Wildman–Crippen LogP) is 5.74. The molecule has 1 aromatic heterocycles. The number of rotatable bonds is 4. The summed E-state index contributed by atoms with van der Waals surface area (Å²) in [6.07, 6.45) is 1.78. The monoisotopic (exact) mass is 487 g/mol. The molecule has 0 saturated carbocycles. The number of anilines is 4. The number of nitrogens with zero attached hydrogens (tertiary/aromatic N) is 2. The molecule has 1 aliphatic rings. The maximum atomic E-state index is 13.3. The second kappa shape index (κ2) is 9.15. The van der Waals surface area contributed by atoms with Gasteiger partial charge in [0.05, 0.1) is 17.8 Å². The van der Waals surface area contributed by atoms with E-state index >= 15 is 0 Å². The van der Waals surface area contributed by atoms with Gasteiger partial charge in [-0.25, -0.2) is 14.4 Å². The van der Waals surface area contributed by atoms with Crippen LogP contribution < -0.4 is 16.0 Å². The van der Waals surface area contributed by atoms with E-state index in [2.05, 4.69) is 25.9 Å². The second-order valence-corrected chi connectivity index (χ2v) is 8.53. The Hall–Kier alpha value is -4.30. The zero-order chi connectivity index (χ0) is 24.5. The van der Waals surface area contributed by atoms with Crippen molar-refractivity contribution in [1.82, 2.24) is 9.97 Å². The van der Waals surface area contributed by atoms with Crippen LogP contribution in [0.3, 0.4) is 0 Å². The van der Waals surface area contributed by atoms with E-state index in [4.69, 9.17) is 11.6 Å². The summed E-state index contributed by atoms with van der Waals surface area (Å²) in [7, 11) is 0. The highest BCUT2D eigenvalue weighted by atomic mass is 35.5. The fourth-order valence-corrected chi connectivity index (χ4v) is 3.99. The molecule has 7 nitrogen and oxygen atoms in total. The van der Waals surface area contributed by atoms with Crippen molar-refractivity contribution in [1.29, 1.82) is 0 Å². The van der Waals surface area contributed by atoms with Gasteiger partial charge in [0.15, 0.2) is 0 Å². The van der Waals surface area contributed by atoms with Crippen LogP contribution in [0.25, 0.3) is 11.3 Å². The molecule has 2 heterocycles. The molecule has 2 amide bonds. The van der Waals surface area contributed by atoms with Gasteiger partial charge in [0, 0.05) is 39.3 Å². The van der Waals surface area contributed by atoms with Crippen molar-refractivity contribution in [2.24, 2.45) is 0 Å². The molecule has 1 aliphatic heterocycles. The second-order valence-electron chi connectivity index (χ2n) is 8.10. The van der Waals surface area contributed by atoms with Gasteiger partial charge in [0.25, 0.3) is 5.91 Å². The lowest BCUT2D eigenvalue weighted by molar-refractivity contribution is -0.115. The molecule has 0 fully saturated rings. The van der Waals surface area contributed by atoms with E-state index < -0.39 is 0 Å². The third-order valence-corrected chi connectivity index (χ3v) is 5.80. The zero-order valence-electron chi connectivity index (χ0n) is 18.5. The maximum absolute atomic E-state index is 13.3. The highest BCUT2D eigenvalue weighted by molar-refractivity contribution is 6.31. The van der Waals surface area contributed by atoms with Gasteiger partial charge < -0.3 is 16.0 Å². The highest BCUT2D eigenvalue weighted by Gasteiger charge is 2.21. The Labute approximate surface area is 205 Å². The number of aromatic nitrogens is 2. The van der Waals surface area contributed by atoms with Crippen LogP contribution in [0.4, 0.5) is 27.4 Å². The van der Waals surface area contributed by atoms with E-state index in [1.54, 1.807) is 49.5 Å². The third-order valence-electron chi connectivity index (χ3n) is 5.57. The number of halogens is 2. The van der Waals surface area contributed by atoms with Gasteiger partial charge in [0.1, 0.15) is 5.82 Å². The van der Waals surface area contributed by atoms with Crippen LogP contribution >= 0.6 is 11.6 Å². The Kier molecular flexibility index (Phi) is 5.88. The lowest BCUT2D eigenvalue weighted by atomic mass is 10.1. The van der Waals surface area contributed by atoms with E-state index in [1.165, 1.54) is 18.2 Å². The Bertz CT molecular complexity index is 1470. The minimum Gasteiger partial charge on any atom is -0.325 e. The quantitative estimate of drug-likeness (QED) is 0.341. The molecule has 5 rings (SSSR count). The van der Waals surface area contributed by atoms with Crippen LogP contribution in [0.1, 0.15) is 21.5 Å². The molecule has 0 saturated heterocycles. The van der Waals surface area contributed by atoms with Crippen molar-refractivity contribution in [3.8, 4) is 11.3 Å². The van der Waals surface area contributed by atoms with E-state index in [0.717, 1.165) is 5.56 Å². The first-order valence-corrected chi connectivity index (χ1v) is 11.1. The summed E-state index contributed by atoms with van der Waals surface area (Å²) >= 11 is 6.10. The van der Waals surface area contributed by atoms with Crippen molar-refractivity contribution in [2.45, 2.75) is 13.3 Å². The van der Waals surface area contributed by atoms with Gasteiger partial charge in [-0.1, -0.05) is 11.6 Å². The molecule has 3 N–H and O–H groups in total. The molecule has 0 aliphatic carbocycles. The SMILES string of the molecule is Cc1cc(F)ccc1NC(=O)c1ccc(Nc2ncc3c(n2)-c2ccc(Cl)cc2NC(=O)C3)cc1. The zero-order valence-corrected chi connectivity index (χ0v) is 19.3. The molecule has 174 valence electrons. The summed E-state index contributed by atoms with van der Waals surface area (Å²) in [6.45, 7) is 1.73. The van der Waals surface area contributed by atoms with Crippen LogP contribution in [0.2, 0.25) is 5.02 Å². The van der Waals surface area contributed by atoms with Gasteiger partial charge >= 0.3 is 0 Å². The van der Waals surface area contributed by atoms with Gasteiger partial charge in [-0.15, -0.1) is 0 Å². The first kappa shape index (κ1) is 22.5. The lowest BCUT2D eigenvalue weighted by Crippen LogP contribution is -2.13. The predicted molar refractivity (Wildman–Crippen MR) is 134 cm³/mol. The molecule has 4 aromatic rings. The largest absolute Gasteiger partial charge is 0.325 e. The van der Waals surface area contributed by atoms with Crippen LogP contribution in [-0.4, -0.2) is 21.8 Å². The Morgan fingerprint density at radius 2 is 1.89 bits per heavy atom. The summed E-state index contributed by atoms with van der Waals surface area (Å²) < 4.78 is 13.3. The molecule has 0 radical (unpaired) electrons. The fraction of sp³-hybridized carbons (Fsp3) is 0.0769. The molecule has 0 spiro atoms. The summed E-state index contributed by atoms with van der Waals surface area (Å²) in [4.78, 5) is 33.8. The molecule has 0 atom stereocenters. The van der Waals surface area contributed by atoms with Gasteiger partial charge in [-0.2, -0.15) is 0 Å². The van der Waals surface area contributed by atoms with Crippen LogP contribution in [0, 0.1) is 12.7 Å². The van der Waals surface area contributed by atoms with E-state index in [1.807, 2.05) is 6.07 Å². The third kappa shape index (κ3) is 4.83. The van der Waals surface area contributed by atoms with Gasteiger partial charge in [0.2, 0.25) is 11.9 Å². The van der Waals surface area contributed by atoms with Crippen LogP contribution in [-0.2, 0) is 11.2 Å². The molecule has 35 heavy (non-hydrogen) atoms. The molecular formula is C26H19ClFN5O2. The molecule has 0 unspecified atom stereocenters. The standard InChI is InChI=1S/C26H19ClFN5O2/c1-14-10-18(28)5-9-21(14)32-25(35)15-2-6-19(7-3-15)30-26-29-13-16-11-23(34)31-22-12-17(27)4-8-20(22)24(16)33-26/h2-10,12-13H,11H2,1H3,(H,31,34)(H,32,35)(H,29,30,33).